The van der Waals surface area contributed by atoms with Crippen LogP contribution in [0.2, 0.25) is 0 Å². The Hall–Kier alpha value is -2.25. The standard InChI is InChI=1S/C23H34N6O/c1-27-20(16-22(26-27)21-8-4-5-11-24-21)17-29-14-9-19(10-15-29)25-23(30)18-28-12-6-2-3-7-13-28/h4-5,8,11,16,19H,2-3,6-7,9-10,12-15,17-18H2,1H3,(H,25,30). The maximum Gasteiger partial charge on any atom is 0.234 e. The van der Waals surface area contributed by atoms with Gasteiger partial charge in [0.15, 0.2) is 0 Å². The SMILES string of the molecule is Cn1nc(-c2ccccn2)cc1CN1CCC(NC(=O)CN2CCCCCC2)CC1. The summed E-state index contributed by atoms with van der Waals surface area (Å²) in [6.45, 7) is 5.57. The first-order valence-corrected chi connectivity index (χ1v) is 11.4. The summed E-state index contributed by atoms with van der Waals surface area (Å²) in [7, 11) is 2.00. The fraction of sp³-hybridized carbons (Fsp3) is 0.609. The zero-order valence-electron chi connectivity index (χ0n) is 18.1. The van der Waals surface area contributed by atoms with Gasteiger partial charge in [0.25, 0.3) is 0 Å². The predicted molar refractivity (Wildman–Crippen MR) is 118 cm³/mol. The predicted octanol–water partition coefficient (Wildman–Crippen LogP) is 2.44. The van der Waals surface area contributed by atoms with Crippen molar-refractivity contribution in [3.63, 3.8) is 0 Å². The molecule has 162 valence electrons. The van der Waals surface area contributed by atoms with Gasteiger partial charge in [-0.15, -0.1) is 0 Å². The minimum Gasteiger partial charge on any atom is -0.352 e. The summed E-state index contributed by atoms with van der Waals surface area (Å²) in [5.41, 5.74) is 3.02. The van der Waals surface area contributed by atoms with Crippen LogP contribution in [0, 0.1) is 0 Å². The number of aromatic nitrogens is 3. The van der Waals surface area contributed by atoms with Crippen LogP contribution < -0.4 is 5.32 Å². The second-order valence-corrected chi connectivity index (χ2v) is 8.67. The number of nitrogens with one attached hydrogen (secondary N) is 1. The van der Waals surface area contributed by atoms with Gasteiger partial charge in [-0.1, -0.05) is 18.9 Å². The summed E-state index contributed by atoms with van der Waals surface area (Å²) in [5, 5.41) is 7.90. The van der Waals surface area contributed by atoms with Gasteiger partial charge in [0.1, 0.15) is 5.69 Å². The number of hydrogen-bond acceptors (Lipinski definition) is 5. The Morgan fingerprint density at radius 2 is 1.80 bits per heavy atom. The van der Waals surface area contributed by atoms with E-state index >= 15 is 0 Å². The van der Waals surface area contributed by atoms with Gasteiger partial charge < -0.3 is 5.32 Å². The summed E-state index contributed by atoms with van der Waals surface area (Å²) in [4.78, 5) is 21.6. The van der Waals surface area contributed by atoms with Gasteiger partial charge in [0, 0.05) is 38.9 Å². The van der Waals surface area contributed by atoms with Crippen molar-refractivity contribution in [2.45, 2.75) is 51.1 Å². The highest BCUT2D eigenvalue weighted by molar-refractivity contribution is 5.78. The van der Waals surface area contributed by atoms with E-state index in [1.165, 1.54) is 31.4 Å². The van der Waals surface area contributed by atoms with Gasteiger partial charge in [-0.2, -0.15) is 5.10 Å². The van der Waals surface area contributed by atoms with Crippen molar-refractivity contribution >= 4 is 5.91 Å². The minimum absolute atomic E-state index is 0.196. The van der Waals surface area contributed by atoms with Crippen LogP contribution >= 0.6 is 0 Å². The zero-order valence-corrected chi connectivity index (χ0v) is 18.1. The van der Waals surface area contributed by atoms with Crippen LogP contribution in [0.4, 0.5) is 0 Å². The number of hydrogen-bond donors (Lipinski definition) is 1. The Balaban J connectivity index is 1.23. The molecule has 2 aromatic heterocycles. The highest BCUT2D eigenvalue weighted by atomic mass is 16.2. The quantitative estimate of drug-likeness (QED) is 0.792. The highest BCUT2D eigenvalue weighted by Gasteiger charge is 2.23. The lowest BCUT2D eigenvalue weighted by molar-refractivity contribution is -0.123. The summed E-state index contributed by atoms with van der Waals surface area (Å²) in [5.74, 6) is 0.196. The maximum atomic E-state index is 12.5. The molecule has 0 aliphatic carbocycles. The number of amides is 1. The molecular weight excluding hydrogens is 376 g/mol. The molecule has 2 aliphatic rings. The number of carbonyl (C=O) groups is 1. The lowest BCUT2D eigenvalue weighted by atomic mass is 10.0. The van der Waals surface area contributed by atoms with Crippen LogP contribution in [-0.4, -0.2) is 69.2 Å². The number of likely N-dealkylation sites (tertiary alicyclic amines) is 2. The average molecular weight is 411 g/mol. The van der Waals surface area contributed by atoms with Gasteiger partial charge in [-0.05, 0) is 57.0 Å². The van der Waals surface area contributed by atoms with Crippen molar-refractivity contribution in [2.24, 2.45) is 7.05 Å². The number of pyridine rings is 1. The van der Waals surface area contributed by atoms with E-state index in [1.54, 1.807) is 6.20 Å². The number of nitrogens with zero attached hydrogens (tertiary/aromatic N) is 5. The van der Waals surface area contributed by atoms with Crippen LogP contribution in [0.3, 0.4) is 0 Å². The summed E-state index contributed by atoms with van der Waals surface area (Å²) in [6, 6.07) is 8.34. The molecule has 2 saturated heterocycles. The molecule has 2 aliphatic heterocycles. The third-order valence-electron chi connectivity index (χ3n) is 6.31. The van der Waals surface area contributed by atoms with Crippen LogP contribution in [0.5, 0.6) is 0 Å². The lowest BCUT2D eigenvalue weighted by Crippen LogP contribution is -2.47. The van der Waals surface area contributed by atoms with Crippen LogP contribution in [0.25, 0.3) is 11.4 Å². The van der Waals surface area contributed by atoms with E-state index in [-0.39, 0.29) is 5.91 Å². The molecule has 2 aromatic rings. The molecule has 0 unspecified atom stereocenters. The Morgan fingerprint density at radius 3 is 2.50 bits per heavy atom. The second kappa shape index (κ2) is 10.2. The van der Waals surface area contributed by atoms with E-state index in [2.05, 4.69) is 31.3 Å². The molecule has 0 saturated carbocycles. The largest absolute Gasteiger partial charge is 0.352 e. The van der Waals surface area contributed by atoms with Crippen molar-refractivity contribution in [2.75, 3.05) is 32.7 Å². The van der Waals surface area contributed by atoms with E-state index in [1.807, 2.05) is 29.9 Å². The molecule has 0 bridgehead atoms. The average Bonchev–Trinajstić information content (AvgIpc) is 2.95. The first kappa shape index (κ1) is 21.0. The number of piperidine rings is 1. The summed E-state index contributed by atoms with van der Waals surface area (Å²) < 4.78 is 1.96. The fourth-order valence-electron chi connectivity index (χ4n) is 4.53. The van der Waals surface area contributed by atoms with Gasteiger partial charge in [0.2, 0.25) is 5.91 Å². The molecule has 4 heterocycles. The van der Waals surface area contributed by atoms with Gasteiger partial charge in [0.05, 0.1) is 17.9 Å². The van der Waals surface area contributed by atoms with Crippen molar-refractivity contribution < 1.29 is 4.79 Å². The molecule has 7 heteroatoms. The molecule has 1 amide bonds. The topological polar surface area (TPSA) is 66.3 Å². The van der Waals surface area contributed by atoms with Crippen molar-refractivity contribution in [1.82, 2.24) is 29.9 Å². The zero-order chi connectivity index (χ0) is 20.8. The molecule has 2 fully saturated rings. The monoisotopic (exact) mass is 410 g/mol. The lowest BCUT2D eigenvalue weighted by Gasteiger charge is -2.32. The number of rotatable bonds is 6. The Kier molecular flexibility index (Phi) is 7.12. The normalized spacial score (nSPS) is 19.5. The van der Waals surface area contributed by atoms with Crippen LogP contribution in [-0.2, 0) is 18.4 Å². The minimum atomic E-state index is 0.196. The molecule has 4 rings (SSSR count). The van der Waals surface area contributed by atoms with E-state index in [0.29, 0.717) is 12.6 Å². The number of carbonyl (C=O) groups excluding carboxylic acids is 1. The molecular formula is C23H34N6O. The molecule has 0 spiro atoms. The van der Waals surface area contributed by atoms with Gasteiger partial charge in [-0.25, -0.2) is 0 Å². The molecule has 0 atom stereocenters. The molecule has 0 radical (unpaired) electrons. The first-order chi connectivity index (χ1) is 14.7. The fourth-order valence-corrected chi connectivity index (χ4v) is 4.53. The first-order valence-electron chi connectivity index (χ1n) is 11.4. The van der Waals surface area contributed by atoms with Crippen LogP contribution in [0.15, 0.2) is 30.5 Å². The Morgan fingerprint density at radius 1 is 1.03 bits per heavy atom. The Bertz CT molecular complexity index is 804. The van der Waals surface area contributed by atoms with E-state index in [4.69, 9.17) is 0 Å². The molecule has 1 N–H and O–H groups in total. The van der Waals surface area contributed by atoms with E-state index < -0.39 is 0 Å². The van der Waals surface area contributed by atoms with Gasteiger partial charge in [-0.3, -0.25) is 24.3 Å². The second-order valence-electron chi connectivity index (χ2n) is 8.67. The smallest absolute Gasteiger partial charge is 0.234 e. The van der Waals surface area contributed by atoms with E-state index in [9.17, 15) is 4.79 Å². The van der Waals surface area contributed by atoms with E-state index in [0.717, 1.165) is 57.0 Å². The van der Waals surface area contributed by atoms with Crippen molar-refractivity contribution in [3.8, 4) is 11.4 Å². The van der Waals surface area contributed by atoms with Crippen LogP contribution in [0.1, 0.15) is 44.2 Å². The Labute approximate surface area is 179 Å². The third kappa shape index (κ3) is 5.67. The third-order valence-corrected chi connectivity index (χ3v) is 6.31. The molecule has 0 aromatic carbocycles. The molecule has 7 nitrogen and oxygen atoms in total. The summed E-state index contributed by atoms with van der Waals surface area (Å²) >= 11 is 0. The van der Waals surface area contributed by atoms with Crippen molar-refractivity contribution in [3.05, 3.63) is 36.2 Å². The van der Waals surface area contributed by atoms with Gasteiger partial charge >= 0.3 is 0 Å². The summed E-state index contributed by atoms with van der Waals surface area (Å²) in [6.07, 6.45) is 8.87. The number of aryl methyl sites for hydroxylation is 1. The van der Waals surface area contributed by atoms with Crippen molar-refractivity contribution in [1.29, 1.82) is 0 Å². The maximum absolute atomic E-state index is 12.5. The molecule has 30 heavy (non-hydrogen) atoms. The highest BCUT2D eigenvalue weighted by Crippen LogP contribution is 2.19.